The van der Waals surface area contributed by atoms with Gasteiger partial charge in [-0.1, -0.05) is 6.07 Å². The van der Waals surface area contributed by atoms with E-state index in [0.717, 1.165) is 43.0 Å². The van der Waals surface area contributed by atoms with Crippen LogP contribution in [0.3, 0.4) is 0 Å². The first-order valence-electron chi connectivity index (χ1n) is 7.34. The molecule has 110 valence electrons. The summed E-state index contributed by atoms with van der Waals surface area (Å²) < 4.78 is 5.37. The molecule has 1 aliphatic heterocycles. The Labute approximate surface area is 123 Å². The quantitative estimate of drug-likeness (QED) is 0.873. The smallest absolute Gasteiger partial charge is 0.263 e. The van der Waals surface area contributed by atoms with Crippen molar-refractivity contribution >= 4 is 5.78 Å². The van der Waals surface area contributed by atoms with Crippen molar-refractivity contribution in [3.63, 3.8) is 0 Å². The van der Waals surface area contributed by atoms with E-state index in [1.54, 1.807) is 6.26 Å². The second kappa shape index (κ2) is 6.18. The molecule has 0 unspecified atom stereocenters. The molecule has 0 saturated carbocycles. The summed E-state index contributed by atoms with van der Waals surface area (Å²) in [5.74, 6) is 0.480. The molecule has 0 aromatic carbocycles. The van der Waals surface area contributed by atoms with Crippen LogP contribution in [-0.4, -0.2) is 28.8 Å². The van der Waals surface area contributed by atoms with Crippen LogP contribution < -0.4 is 5.32 Å². The van der Waals surface area contributed by atoms with Crippen LogP contribution in [0.1, 0.15) is 46.5 Å². The Morgan fingerprint density at radius 2 is 2.14 bits per heavy atom. The summed E-state index contributed by atoms with van der Waals surface area (Å²) in [6.45, 7) is 3.90. The Balaban J connectivity index is 1.69. The Morgan fingerprint density at radius 1 is 1.33 bits per heavy atom. The van der Waals surface area contributed by atoms with E-state index in [1.807, 2.05) is 25.1 Å². The van der Waals surface area contributed by atoms with Gasteiger partial charge in [-0.05, 0) is 45.0 Å². The molecule has 21 heavy (non-hydrogen) atoms. The van der Waals surface area contributed by atoms with Crippen molar-refractivity contribution in [3.05, 3.63) is 47.4 Å². The topological polar surface area (TPSA) is 68.0 Å². The molecule has 3 heterocycles. The van der Waals surface area contributed by atoms with E-state index in [-0.39, 0.29) is 18.1 Å². The van der Waals surface area contributed by atoms with Crippen LogP contribution in [-0.2, 0) is 6.42 Å². The second-order valence-corrected chi connectivity index (χ2v) is 5.47. The summed E-state index contributed by atoms with van der Waals surface area (Å²) in [5.41, 5.74) is 2.56. The zero-order valence-corrected chi connectivity index (χ0v) is 12.1. The number of rotatable bonds is 4. The van der Waals surface area contributed by atoms with Gasteiger partial charge in [-0.15, -0.1) is 0 Å². The first kappa shape index (κ1) is 13.9. The van der Waals surface area contributed by atoms with Crippen molar-refractivity contribution in [2.45, 2.75) is 32.1 Å². The molecule has 2 aromatic rings. The van der Waals surface area contributed by atoms with Crippen molar-refractivity contribution in [3.8, 4) is 0 Å². The molecule has 1 aliphatic rings. The lowest BCUT2D eigenvalue weighted by Crippen LogP contribution is -2.26. The standard InChI is InChI=1S/C16H19N3O2/c1-11-3-2-4-13(18-11)9-15(20)16-19-14(10-21-16)12-5-7-17-8-6-12/h2-4,10,12,17H,5-9H2,1H3. The van der Waals surface area contributed by atoms with Gasteiger partial charge in [0.2, 0.25) is 5.78 Å². The summed E-state index contributed by atoms with van der Waals surface area (Å²) >= 11 is 0. The Hall–Kier alpha value is -2.01. The number of hydrogen-bond acceptors (Lipinski definition) is 5. The van der Waals surface area contributed by atoms with Crippen LogP contribution in [0.25, 0.3) is 0 Å². The van der Waals surface area contributed by atoms with E-state index in [1.165, 1.54) is 0 Å². The maximum absolute atomic E-state index is 12.2. The van der Waals surface area contributed by atoms with Crippen LogP contribution >= 0.6 is 0 Å². The number of ketones is 1. The van der Waals surface area contributed by atoms with Crippen molar-refractivity contribution in [1.82, 2.24) is 15.3 Å². The summed E-state index contributed by atoms with van der Waals surface area (Å²) in [6.07, 6.45) is 3.94. The highest BCUT2D eigenvalue weighted by molar-refractivity contribution is 5.93. The maximum Gasteiger partial charge on any atom is 0.263 e. The zero-order chi connectivity index (χ0) is 14.7. The van der Waals surface area contributed by atoms with E-state index < -0.39 is 0 Å². The predicted molar refractivity (Wildman–Crippen MR) is 78.4 cm³/mol. The van der Waals surface area contributed by atoms with E-state index in [2.05, 4.69) is 15.3 Å². The molecule has 0 amide bonds. The van der Waals surface area contributed by atoms with Gasteiger partial charge in [0, 0.05) is 17.3 Å². The number of aromatic nitrogens is 2. The van der Waals surface area contributed by atoms with Crippen molar-refractivity contribution in [2.75, 3.05) is 13.1 Å². The highest BCUT2D eigenvalue weighted by atomic mass is 16.3. The average Bonchev–Trinajstić information content (AvgIpc) is 2.98. The third kappa shape index (κ3) is 3.36. The van der Waals surface area contributed by atoms with Crippen LogP contribution in [0.5, 0.6) is 0 Å². The predicted octanol–water partition coefficient (Wildman–Crippen LogP) is 2.27. The largest absolute Gasteiger partial charge is 0.442 e. The first-order chi connectivity index (χ1) is 10.2. The Kier molecular flexibility index (Phi) is 4.10. The number of nitrogens with one attached hydrogen (secondary N) is 1. The van der Waals surface area contributed by atoms with Crippen LogP contribution in [0.15, 0.2) is 28.9 Å². The molecule has 2 aromatic heterocycles. The Morgan fingerprint density at radius 3 is 2.90 bits per heavy atom. The van der Waals surface area contributed by atoms with Gasteiger partial charge in [-0.3, -0.25) is 9.78 Å². The maximum atomic E-state index is 12.2. The number of hydrogen-bond donors (Lipinski definition) is 1. The zero-order valence-electron chi connectivity index (χ0n) is 12.1. The fraction of sp³-hybridized carbons (Fsp3) is 0.438. The SMILES string of the molecule is Cc1cccc(CC(=O)c2nc(C3CCNCC3)co2)n1. The highest BCUT2D eigenvalue weighted by Gasteiger charge is 2.21. The molecule has 3 rings (SSSR count). The molecule has 1 N–H and O–H groups in total. The third-order valence-electron chi connectivity index (χ3n) is 3.81. The lowest BCUT2D eigenvalue weighted by molar-refractivity contribution is 0.0958. The number of carbonyl (C=O) groups excluding carboxylic acids is 1. The van der Waals surface area contributed by atoms with Crippen LogP contribution in [0.4, 0.5) is 0 Å². The number of piperidine rings is 1. The molecule has 0 atom stereocenters. The van der Waals surface area contributed by atoms with Gasteiger partial charge >= 0.3 is 0 Å². The first-order valence-corrected chi connectivity index (χ1v) is 7.34. The van der Waals surface area contributed by atoms with E-state index in [9.17, 15) is 4.79 Å². The van der Waals surface area contributed by atoms with E-state index >= 15 is 0 Å². The number of oxazole rings is 1. The average molecular weight is 285 g/mol. The van der Waals surface area contributed by atoms with Gasteiger partial charge in [0.05, 0.1) is 12.1 Å². The van der Waals surface area contributed by atoms with Crippen molar-refractivity contribution in [1.29, 1.82) is 0 Å². The van der Waals surface area contributed by atoms with E-state index in [0.29, 0.717) is 5.92 Å². The van der Waals surface area contributed by atoms with Gasteiger partial charge < -0.3 is 9.73 Å². The molecular formula is C16H19N3O2. The molecular weight excluding hydrogens is 266 g/mol. The number of Topliss-reactive ketones (excluding diaryl/α,β-unsaturated/α-hetero) is 1. The minimum Gasteiger partial charge on any atom is -0.442 e. The molecule has 0 aliphatic carbocycles. The van der Waals surface area contributed by atoms with Crippen molar-refractivity contribution in [2.24, 2.45) is 0 Å². The molecule has 0 spiro atoms. The van der Waals surface area contributed by atoms with Crippen LogP contribution in [0, 0.1) is 6.92 Å². The molecule has 5 nitrogen and oxygen atoms in total. The minimum absolute atomic E-state index is 0.117. The van der Waals surface area contributed by atoms with Gasteiger partial charge in [0.15, 0.2) is 0 Å². The highest BCUT2D eigenvalue weighted by Crippen LogP contribution is 2.24. The Bertz CT molecular complexity index is 630. The van der Waals surface area contributed by atoms with Gasteiger partial charge in [-0.25, -0.2) is 4.98 Å². The van der Waals surface area contributed by atoms with Gasteiger partial charge in [0.1, 0.15) is 6.26 Å². The normalized spacial score (nSPS) is 16.0. The molecule has 1 saturated heterocycles. The number of aryl methyl sites for hydroxylation is 1. The van der Waals surface area contributed by atoms with Crippen LogP contribution in [0.2, 0.25) is 0 Å². The number of carbonyl (C=O) groups is 1. The molecule has 0 radical (unpaired) electrons. The minimum atomic E-state index is -0.117. The third-order valence-corrected chi connectivity index (χ3v) is 3.81. The monoisotopic (exact) mass is 285 g/mol. The molecule has 0 bridgehead atoms. The molecule has 5 heteroatoms. The lowest BCUT2D eigenvalue weighted by Gasteiger charge is -2.20. The summed E-state index contributed by atoms with van der Waals surface area (Å²) in [7, 11) is 0. The van der Waals surface area contributed by atoms with Gasteiger partial charge in [-0.2, -0.15) is 0 Å². The van der Waals surface area contributed by atoms with Crippen molar-refractivity contribution < 1.29 is 9.21 Å². The van der Waals surface area contributed by atoms with E-state index in [4.69, 9.17) is 4.42 Å². The number of pyridine rings is 1. The molecule has 1 fully saturated rings. The van der Waals surface area contributed by atoms with Gasteiger partial charge in [0.25, 0.3) is 5.89 Å². The second-order valence-electron chi connectivity index (χ2n) is 5.47. The fourth-order valence-electron chi connectivity index (χ4n) is 2.66. The number of nitrogens with zero attached hydrogens (tertiary/aromatic N) is 2. The summed E-state index contributed by atoms with van der Waals surface area (Å²) in [4.78, 5) is 20.9. The lowest BCUT2D eigenvalue weighted by atomic mass is 9.95. The summed E-state index contributed by atoms with van der Waals surface area (Å²) in [6, 6.07) is 5.66. The fourth-order valence-corrected chi connectivity index (χ4v) is 2.66. The summed E-state index contributed by atoms with van der Waals surface area (Å²) in [5, 5.41) is 3.32.